The molecule has 0 fully saturated rings. The number of hydrogen-bond donors (Lipinski definition) is 1. The third-order valence-electron chi connectivity index (χ3n) is 2.82. The fourth-order valence-electron chi connectivity index (χ4n) is 1.18. The molecule has 1 N–H and O–H groups in total. The zero-order valence-corrected chi connectivity index (χ0v) is 9.97. The summed E-state index contributed by atoms with van der Waals surface area (Å²) in [6.45, 7) is 9.57. The molecular formula is C13H20FN. The van der Waals surface area contributed by atoms with Crippen LogP contribution in [-0.2, 0) is 6.54 Å². The Balaban J connectivity index is 2.47. The van der Waals surface area contributed by atoms with E-state index in [-0.39, 0.29) is 11.2 Å². The first kappa shape index (κ1) is 12.2. The summed E-state index contributed by atoms with van der Waals surface area (Å²) in [6, 6.07) is 7.06. The fourth-order valence-corrected chi connectivity index (χ4v) is 1.18. The Morgan fingerprint density at radius 1 is 1.20 bits per heavy atom. The van der Waals surface area contributed by atoms with Crippen molar-refractivity contribution in [3.8, 4) is 0 Å². The van der Waals surface area contributed by atoms with Crippen LogP contribution < -0.4 is 5.32 Å². The lowest BCUT2D eigenvalue weighted by molar-refractivity contribution is 0.285. The van der Waals surface area contributed by atoms with E-state index in [0.717, 1.165) is 12.1 Å². The lowest BCUT2D eigenvalue weighted by atomic mass is 9.88. The molecule has 0 radical (unpaired) electrons. The molecule has 0 aliphatic heterocycles. The molecule has 0 heterocycles. The summed E-state index contributed by atoms with van der Waals surface area (Å²) in [6.07, 6.45) is 0. The zero-order valence-electron chi connectivity index (χ0n) is 9.97. The molecule has 84 valence electrons. The first-order valence-electron chi connectivity index (χ1n) is 5.37. The second-order valence-corrected chi connectivity index (χ2v) is 5.10. The second-order valence-electron chi connectivity index (χ2n) is 5.10. The molecule has 0 aliphatic rings. The normalized spacial score (nSPS) is 13.9. The van der Waals surface area contributed by atoms with Crippen LogP contribution >= 0.6 is 0 Å². The van der Waals surface area contributed by atoms with Crippen molar-refractivity contribution in [1.29, 1.82) is 0 Å². The number of rotatable bonds is 3. The average Bonchev–Trinajstić information content (AvgIpc) is 2.15. The minimum absolute atomic E-state index is 0.178. The van der Waals surface area contributed by atoms with Crippen molar-refractivity contribution >= 4 is 0 Å². The highest BCUT2D eigenvalue weighted by atomic mass is 19.1. The average molecular weight is 209 g/mol. The van der Waals surface area contributed by atoms with Crippen molar-refractivity contribution in [3.05, 3.63) is 35.6 Å². The van der Waals surface area contributed by atoms with Crippen LogP contribution in [0, 0.1) is 11.2 Å². The van der Waals surface area contributed by atoms with Gasteiger partial charge in [0.25, 0.3) is 0 Å². The highest BCUT2D eigenvalue weighted by Gasteiger charge is 2.18. The van der Waals surface area contributed by atoms with Crippen LogP contribution in [0.3, 0.4) is 0 Å². The van der Waals surface area contributed by atoms with Crippen molar-refractivity contribution in [2.75, 3.05) is 0 Å². The highest BCUT2D eigenvalue weighted by molar-refractivity contribution is 5.15. The van der Waals surface area contributed by atoms with E-state index in [9.17, 15) is 4.39 Å². The summed E-state index contributed by atoms with van der Waals surface area (Å²) in [5, 5.41) is 3.44. The number of halogens is 1. The maximum absolute atomic E-state index is 12.7. The van der Waals surface area contributed by atoms with Crippen molar-refractivity contribution < 1.29 is 4.39 Å². The van der Waals surface area contributed by atoms with Gasteiger partial charge >= 0.3 is 0 Å². The van der Waals surface area contributed by atoms with Crippen molar-refractivity contribution in [2.45, 2.75) is 40.3 Å². The third kappa shape index (κ3) is 4.00. The molecule has 0 amide bonds. The van der Waals surface area contributed by atoms with Gasteiger partial charge in [-0.15, -0.1) is 0 Å². The minimum Gasteiger partial charge on any atom is -0.310 e. The van der Waals surface area contributed by atoms with Gasteiger partial charge in [-0.25, -0.2) is 4.39 Å². The molecule has 0 saturated heterocycles. The molecule has 0 spiro atoms. The Kier molecular flexibility index (Phi) is 3.86. The van der Waals surface area contributed by atoms with E-state index in [2.05, 4.69) is 33.0 Å². The van der Waals surface area contributed by atoms with Gasteiger partial charge in [-0.05, 0) is 30.0 Å². The van der Waals surface area contributed by atoms with Crippen LogP contribution in [0.5, 0.6) is 0 Å². The van der Waals surface area contributed by atoms with E-state index >= 15 is 0 Å². The van der Waals surface area contributed by atoms with Crippen LogP contribution in [0.4, 0.5) is 4.39 Å². The molecule has 1 aromatic carbocycles. The number of nitrogens with one attached hydrogen (secondary N) is 1. The molecule has 0 saturated carbocycles. The van der Waals surface area contributed by atoms with Crippen LogP contribution in [0.25, 0.3) is 0 Å². The quantitative estimate of drug-likeness (QED) is 0.805. The maximum atomic E-state index is 12.7. The first-order valence-corrected chi connectivity index (χ1v) is 5.37. The van der Waals surface area contributed by atoms with Gasteiger partial charge in [0.15, 0.2) is 0 Å². The second kappa shape index (κ2) is 4.75. The lowest BCUT2D eigenvalue weighted by Gasteiger charge is -2.28. The van der Waals surface area contributed by atoms with E-state index in [1.807, 2.05) is 12.1 Å². The van der Waals surface area contributed by atoms with Gasteiger partial charge in [0.2, 0.25) is 0 Å². The topological polar surface area (TPSA) is 12.0 Å². The van der Waals surface area contributed by atoms with Crippen LogP contribution in [-0.4, -0.2) is 6.04 Å². The Bertz CT molecular complexity index is 297. The first-order chi connectivity index (χ1) is 6.89. The van der Waals surface area contributed by atoms with Crippen LogP contribution in [0.2, 0.25) is 0 Å². The van der Waals surface area contributed by atoms with Gasteiger partial charge in [0.05, 0.1) is 0 Å². The molecule has 15 heavy (non-hydrogen) atoms. The molecular weight excluding hydrogens is 189 g/mol. The van der Waals surface area contributed by atoms with Crippen molar-refractivity contribution in [1.82, 2.24) is 5.32 Å². The largest absolute Gasteiger partial charge is 0.310 e. The van der Waals surface area contributed by atoms with Gasteiger partial charge < -0.3 is 5.32 Å². The van der Waals surface area contributed by atoms with E-state index in [1.165, 1.54) is 12.1 Å². The Hall–Kier alpha value is -0.890. The summed E-state index contributed by atoms with van der Waals surface area (Å²) < 4.78 is 12.7. The monoisotopic (exact) mass is 209 g/mol. The van der Waals surface area contributed by atoms with Gasteiger partial charge in [0.1, 0.15) is 5.82 Å². The summed E-state index contributed by atoms with van der Waals surface area (Å²) in [4.78, 5) is 0. The minimum atomic E-state index is -0.178. The van der Waals surface area contributed by atoms with Crippen molar-refractivity contribution in [3.63, 3.8) is 0 Å². The lowest BCUT2D eigenvalue weighted by Crippen LogP contribution is -2.37. The Morgan fingerprint density at radius 2 is 1.73 bits per heavy atom. The molecule has 1 atom stereocenters. The standard InChI is InChI=1S/C13H20FN/c1-10(13(2,3)4)15-9-11-5-7-12(14)8-6-11/h5-8,10,15H,9H2,1-4H3. The van der Waals surface area contributed by atoms with Crippen LogP contribution in [0.15, 0.2) is 24.3 Å². The summed E-state index contributed by atoms with van der Waals surface area (Å²) >= 11 is 0. The molecule has 0 bridgehead atoms. The number of benzene rings is 1. The molecule has 1 nitrogen and oxygen atoms in total. The molecule has 1 rings (SSSR count). The SMILES string of the molecule is CC(NCc1ccc(F)cc1)C(C)(C)C. The molecule has 1 unspecified atom stereocenters. The van der Waals surface area contributed by atoms with Gasteiger partial charge in [-0.3, -0.25) is 0 Å². The summed E-state index contributed by atoms with van der Waals surface area (Å²) in [5.41, 5.74) is 1.37. The van der Waals surface area contributed by atoms with E-state index < -0.39 is 0 Å². The summed E-state index contributed by atoms with van der Waals surface area (Å²) in [5.74, 6) is -0.178. The molecule has 2 heteroatoms. The molecule has 0 aliphatic carbocycles. The fraction of sp³-hybridized carbons (Fsp3) is 0.538. The van der Waals surface area contributed by atoms with Crippen molar-refractivity contribution in [2.24, 2.45) is 5.41 Å². The van der Waals surface area contributed by atoms with Gasteiger partial charge in [-0.2, -0.15) is 0 Å². The van der Waals surface area contributed by atoms with Gasteiger partial charge in [-0.1, -0.05) is 32.9 Å². The van der Waals surface area contributed by atoms with Crippen LogP contribution in [0.1, 0.15) is 33.3 Å². The number of hydrogen-bond acceptors (Lipinski definition) is 1. The van der Waals surface area contributed by atoms with E-state index in [0.29, 0.717) is 6.04 Å². The highest BCUT2D eigenvalue weighted by Crippen LogP contribution is 2.18. The third-order valence-corrected chi connectivity index (χ3v) is 2.82. The van der Waals surface area contributed by atoms with Gasteiger partial charge in [0, 0.05) is 12.6 Å². The maximum Gasteiger partial charge on any atom is 0.123 e. The zero-order chi connectivity index (χ0) is 11.5. The Morgan fingerprint density at radius 3 is 2.20 bits per heavy atom. The smallest absolute Gasteiger partial charge is 0.123 e. The predicted molar refractivity (Wildman–Crippen MR) is 62.2 cm³/mol. The molecule has 1 aromatic rings. The summed E-state index contributed by atoms with van der Waals surface area (Å²) in [7, 11) is 0. The van der Waals surface area contributed by atoms with E-state index in [4.69, 9.17) is 0 Å². The predicted octanol–water partition coefficient (Wildman–Crippen LogP) is 3.35. The molecule has 0 aromatic heterocycles. The van der Waals surface area contributed by atoms with E-state index in [1.54, 1.807) is 0 Å². The Labute approximate surface area is 91.7 Å².